The van der Waals surface area contributed by atoms with Crippen molar-refractivity contribution in [1.29, 1.82) is 0 Å². The van der Waals surface area contributed by atoms with Crippen LogP contribution in [0.25, 0.3) is 31.8 Å². The van der Waals surface area contributed by atoms with Gasteiger partial charge in [-0.05, 0) is 24.6 Å². The first kappa shape index (κ1) is 18.8. The van der Waals surface area contributed by atoms with Gasteiger partial charge in [0.2, 0.25) is 5.88 Å². The third-order valence-electron chi connectivity index (χ3n) is 4.12. The predicted molar refractivity (Wildman–Crippen MR) is 109 cm³/mol. The van der Waals surface area contributed by atoms with Crippen LogP contribution in [0.15, 0.2) is 24.4 Å². The molecule has 0 bridgehead atoms. The summed E-state index contributed by atoms with van der Waals surface area (Å²) in [6.07, 6.45) is 1.56. The van der Waals surface area contributed by atoms with Crippen molar-refractivity contribution in [2.24, 2.45) is 5.73 Å². The number of nitrogens with zero attached hydrogens (tertiary/aromatic N) is 3. The molecule has 0 aliphatic carbocycles. The largest absolute Gasteiger partial charge is 0.489 e. The number of ether oxygens (including phenoxy) is 2. The van der Waals surface area contributed by atoms with Crippen molar-refractivity contribution in [2.45, 2.75) is 6.92 Å². The molecule has 2 heterocycles. The Kier molecular flexibility index (Phi) is 5.01. The summed E-state index contributed by atoms with van der Waals surface area (Å²) in [5.74, 6) is -0.143. The van der Waals surface area contributed by atoms with Crippen LogP contribution in [0.5, 0.6) is 11.6 Å². The Morgan fingerprint density at radius 2 is 2.04 bits per heavy atom. The van der Waals surface area contributed by atoms with Crippen molar-refractivity contribution < 1.29 is 13.9 Å². The van der Waals surface area contributed by atoms with Gasteiger partial charge >= 0.3 is 0 Å². The average Bonchev–Trinajstić information content (AvgIpc) is 3.12. The molecule has 144 valence electrons. The second-order valence-corrected chi connectivity index (χ2v) is 7.51. The van der Waals surface area contributed by atoms with E-state index < -0.39 is 5.82 Å². The molecule has 2 aromatic carbocycles. The molecule has 9 heteroatoms. The van der Waals surface area contributed by atoms with E-state index in [0.717, 1.165) is 11.1 Å². The molecule has 0 amide bonds. The standard InChI is InChI=1S/C19H16ClFN4O2S/c1-9-5-10(17-11(6-9)24-14(26-2)8-23-17)19-25-18-13(28-19)7-12(27-4-3-22)16(21)15(18)20/h5-8H,3-4,22H2,1-2H3. The average molecular weight is 419 g/mol. The monoisotopic (exact) mass is 418 g/mol. The number of benzene rings is 2. The first-order valence-corrected chi connectivity index (χ1v) is 9.64. The van der Waals surface area contributed by atoms with Gasteiger partial charge in [-0.3, -0.25) is 0 Å². The highest BCUT2D eigenvalue weighted by Crippen LogP contribution is 2.40. The predicted octanol–water partition coefficient (Wildman–Crippen LogP) is 4.35. The number of aryl methyl sites for hydroxylation is 1. The van der Waals surface area contributed by atoms with E-state index in [1.54, 1.807) is 19.4 Å². The summed E-state index contributed by atoms with van der Waals surface area (Å²) in [7, 11) is 1.54. The molecule has 0 saturated heterocycles. The minimum Gasteiger partial charge on any atom is -0.489 e. The van der Waals surface area contributed by atoms with Crippen LogP contribution in [-0.2, 0) is 0 Å². The number of thiazole rings is 1. The summed E-state index contributed by atoms with van der Waals surface area (Å²) in [6.45, 7) is 2.44. The summed E-state index contributed by atoms with van der Waals surface area (Å²) < 4.78 is 25.7. The minimum absolute atomic E-state index is 0.0665. The van der Waals surface area contributed by atoms with Crippen molar-refractivity contribution in [1.82, 2.24) is 15.0 Å². The maximum Gasteiger partial charge on any atom is 0.232 e. The Balaban J connectivity index is 1.91. The second-order valence-electron chi connectivity index (χ2n) is 6.10. The van der Waals surface area contributed by atoms with Crippen LogP contribution in [-0.4, -0.2) is 35.2 Å². The van der Waals surface area contributed by atoms with Gasteiger partial charge in [-0.1, -0.05) is 11.6 Å². The SMILES string of the molecule is COc1cnc2c(-c3nc4c(Cl)c(F)c(OCCN)cc4s3)cc(C)cc2n1. The lowest BCUT2D eigenvalue weighted by Crippen LogP contribution is -2.11. The van der Waals surface area contributed by atoms with E-state index in [1.807, 2.05) is 19.1 Å². The molecule has 0 saturated carbocycles. The Morgan fingerprint density at radius 1 is 1.21 bits per heavy atom. The van der Waals surface area contributed by atoms with Crippen LogP contribution >= 0.6 is 22.9 Å². The maximum absolute atomic E-state index is 14.5. The van der Waals surface area contributed by atoms with E-state index in [2.05, 4.69) is 15.0 Å². The molecule has 4 rings (SSSR count). The van der Waals surface area contributed by atoms with E-state index >= 15 is 0 Å². The fraction of sp³-hybridized carbons (Fsp3) is 0.211. The molecule has 0 radical (unpaired) electrons. The van der Waals surface area contributed by atoms with Crippen molar-refractivity contribution in [2.75, 3.05) is 20.3 Å². The summed E-state index contributed by atoms with van der Waals surface area (Å²) in [4.78, 5) is 13.5. The zero-order valence-corrected chi connectivity index (χ0v) is 16.7. The number of fused-ring (bicyclic) bond motifs is 2. The number of aromatic nitrogens is 3. The molecule has 0 spiro atoms. The first-order valence-electron chi connectivity index (χ1n) is 8.45. The van der Waals surface area contributed by atoms with E-state index in [1.165, 1.54) is 11.3 Å². The highest BCUT2D eigenvalue weighted by Gasteiger charge is 2.19. The fourth-order valence-corrected chi connectivity index (χ4v) is 4.19. The van der Waals surface area contributed by atoms with Gasteiger partial charge in [0.25, 0.3) is 0 Å². The molecule has 0 aliphatic rings. The lowest BCUT2D eigenvalue weighted by Gasteiger charge is -2.06. The molecule has 4 aromatic rings. The Labute approximate surface area is 169 Å². The van der Waals surface area contributed by atoms with Gasteiger partial charge in [-0.2, -0.15) is 0 Å². The number of hydrogen-bond donors (Lipinski definition) is 1. The maximum atomic E-state index is 14.5. The molecule has 0 aliphatic heterocycles. The summed E-state index contributed by atoms with van der Waals surface area (Å²) in [5.41, 5.74) is 8.98. The second kappa shape index (κ2) is 7.46. The molecule has 28 heavy (non-hydrogen) atoms. The van der Waals surface area contributed by atoms with Gasteiger partial charge in [0.15, 0.2) is 11.6 Å². The lowest BCUT2D eigenvalue weighted by molar-refractivity contribution is 0.312. The Hall–Kier alpha value is -2.55. The third-order valence-corrected chi connectivity index (χ3v) is 5.50. The molecular formula is C19H16ClFN4O2S. The van der Waals surface area contributed by atoms with E-state index in [0.29, 0.717) is 32.1 Å². The highest BCUT2D eigenvalue weighted by atomic mass is 35.5. The smallest absolute Gasteiger partial charge is 0.232 e. The van der Waals surface area contributed by atoms with Crippen molar-refractivity contribution in [3.63, 3.8) is 0 Å². The first-order chi connectivity index (χ1) is 13.5. The topological polar surface area (TPSA) is 83.2 Å². The molecule has 2 N–H and O–H groups in total. The minimum atomic E-state index is -0.641. The van der Waals surface area contributed by atoms with Gasteiger partial charge in [0, 0.05) is 18.2 Å². The molecular weight excluding hydrogens is 403 g/mol. The van der Waals surface area contributed by atoms with Crippen molar-refractivity contribution in [3.8, 4) is 22.2 Å². The van der Waals surface area contributed by atoms with E-state index in [-0.39, 0.29) is 23.9 Å². The zero-order valence-electron chi connectivity index (χ0n) is 15.1. The Morgan fingerprint density at radius 3 is 2.79 bits per heavy atom. The summed E-state index contributed by atoms with van der Waals surface area (Å²) in [6, 6.07) is 5.49. The van der Waals surface area contributed by atoms with Gasteiger partial charge in [0.1, 0.15) is 22.2 Å². The van der Waals surface area contributed by atoms with Crippen LogP contribution in [0.1, 0.15) is 5.56 Å². The Bertz CT molecular complexity index is 1200. The number of halogens is 2. The summed E-state index contributed by atoms with van der Waals surface area (Å²) in [5, 5.41) is 0.595. The van der Waals surface area contributed by atoms with Gasteiger partial charge < -0.3 is 15.2 Å². The van der Waals surface area contributed by atoms with Crippen LogP contribution < -0.4 is 15.2 Å². The lowest BCUT2D eigenvalue weighted by atomic mass is 10.1. The van der Waals surface area contributed by atoms with Gasteiger partial charge in [-0.25, -0.2) is 19.3 Å². The number of nitrogens with two attached hydrogens (primary N) is 1. The highest BCUT2D eigenvalue weighted by molar-refractivity contribution is 7.21. The quantitative estimate of drug-likeness (QED) is 0.518. The third kappa shape index (κ3) is 3.23. The molecule has 0 atom stereocenters. The number of hydrogen-bond acceptors (Lipinski definition) is 7. The molecule has 2 aromatic heterocycles. The summed E-state index contributed by atoms with van der Waals surface area (Å²) >= 11 is 7.60. The van der Waals surface area contributed by atoms with Crippen LogP contribution in [0.2, 0.25) is 5.02 Å². The van der Waals surface area contributed by atoms with Gasteiger partial charge in [0.05, 0.1) is 29.0 Å². The molecule has 0 fully saturated rings. The fourth-order valence-electron chi connectivity index (χ4n) is 2.88. The van der Waals surface area contributed by atoms with E-state index in [9.17, 15) is 4.39 Å². The number of methoxy groups -OCH3 is 1. The van der Waals surface area contributed by atoms with Crippen LogP contribution in [0.4, 0.5) is 4.39 Å². The normalized spacial score (nSPS) is 11.3. The number of rotatable bonds is 5. The molecule has 6 nitrogen and oxygen atoms in total. The van der Waals surface area contributed by atoms with Gasteiger partial charge in [-0.15, -0.1) is 11.3 Å². The zero-order chi connectivity index (χ0) is 19.8. The van der Waals surface area contributed by atoms with Crippen molar-refractivity contribution in [3.05, 3.63) is 40.8 Å². The van der Waals surface area contributed by atoms with Crippen LogP contribution in [0.3, 0.4) is 0 Å². The molecule has 0 unspecified atom stereocenters. The van der Waals surface area contributed by atoms with Crippen LogP contribution in [0, 0.1) is 12.7 Å². The van der Waals surface area contributed by atoms with E-state index in [4.69, 9.17) is 26.8 Å². The van der Waals surface area contributed by atoms with Crippen molar-refractivity contribution >= 4 is 44.2 Å².